The maximum Gasteiger partial charge on any atom is 0.297 e. The Morgan fingerprint density at radius 2 is 1.92 bits per heavy atom. The van der Waals surface area contributed by atoms with Crippen molar-refractivity contribution >= 4 is 31.0 Å². The van der Waals surface area contributed by atoms with Gasteiger partial charge in [-0.1, -0.05) is 0 Å². The zero-order valence-electron chi connectivity index (χ0n) is 20.6. The van der Waals surface area contributed by atoms with Gasteiger partial charge in [-0.05, 0) is 12.8 Å². The molecule has 5 rings (SSSR count). The number of nitrogens with one attached hydrogen (secondary N) is 1. The summed E-state index contributed by atoms with van der Waals surface area (Å²) >= 11 is 0. The minimum Gasteiger partial charge on any atom is -0.390 e. The van der Waals surface area contributed by atoms with Gasteiger partial charge >= 0.3 is 0 Å². The van der Waals surface area contributed by atoms with E-state index in [1.807, 2.05) is 6.07 Å². The van der Waals surface area contributed by atoms with Crippen molar-refractivity contribution in [1.82, 2.24) is 29.3 Å². The lowest BCUT2D eigenvalue weighted by molar-refractivity contribution is -0.377. The van der Waals surface area contributed by atoms with Crippen LogP contribution in [-0.2, 0) is 11.8 Å². The fourth-order valence-electron chi connectivity index (χ4n) is 4.88. The van der Waals surface area contributed by atoms with Crippen LogP contribution in [0.1, 0.15) is 23.2 Å². The predicted molar refractivity (Wildman–Crippen MR) is 131 cm³/mol. The monoisotopic (exact) mass is 523 g/mol. The molecule has 16 heteroatoms. The third-order valence-electron chi connectivity index (χ3n) is 7.47. The van der Waals surface area contributed by atoms with Gasteiger partial charge in [-0.3, -0.25) is 14.3 Å². The van der Waals surface area contributed by atoms with Gasteiger partial charge in [-0.25, -0.2) is 9.50 Å². The number of aryl methyl sites for hydroxylation is 1. The molecule has 38 heavy (non-hydrogen) atoms. The molecule has 0 aromatic carbocycles. The highest BCUT2D eigenvalue weighted by Gasteiger charge is 2.59. The Balaban J connectivity index is 1.57. The molecular weight excluding hydrogens is 497 g/mol. The summed E-state index contributed by atoms with van der Waals surface area (Å²) in [7, 11) is 2.77. The minimum atomic E-state index is -3.52. The molecule has 3 aromatic rings. The first kappa shape index (κ1) is 25.6. The second-order valence-electron chi connectivity index (χ2n) is 10.1. The molecule has 3 aromatic heterocycles. The summed E-state index contributed by atoms with van der Waals surface area (Å²) in [5.74, 6) is -5.98. The van der Waals surface area contributed by atoms with E-state index in [0.717, 1.165) is 7.85 Å². The Morgan fingerprint density at radius 3 is 2.47 bits per heavy atom. The molecule has 0 radical (unpaired) electrons. The Labute approximate surface area is 216 Å². The van der Waals surface area contributed by atoms with Crippen LogP contribution in [0, 0.1) is 22.7 Å². The SMILES string of the molecule is BC(O)(C1CN(C(=O)C2(C#N)CC2)CC1Nc1c(C(N)=O)cnn2cc(-c3cnn(C)c3)nc12)C(O)(O)O. The molecule has 1 aliphatic carbocycles. The van der Waals surface area contributed by atoms with E-state index in [0.29, 0.717) is 24.1 Å². The van der Waals surface area contributed by atoms with Crippen LogP contribution in [0.4, 0.5) is 5.69 Å². The van der Waals surface area contributed by atoms with Crippen LogP contribution in [0.15, 0.2) is 24.8 Å². The van der Waals surface area contributed by atoms with Crippen LogP contribution in [0.3, 0.4) is 0 Å². The number of aliphatic hydroxyl groups is 4. The number of amides is 2. The number of carbonyl (C=O) groups excluding carboxylic acids is 2. The van der Waals surface area contributed by atoms with Crippen LogP contribution in [0.25, 0.3) is 16.9 Å². The summed E-state index contributed by atoms with van der Waals surface area (Å²) < 4.78 is 3.00. The number of nitriles is 1. The number of imidazole rings is 1. The lowest BCUT2D eigenvalue weighted by Crippen LogP contribution is -2.63. The molecule has 3 unspecified atom stereocenters. The number of fused-ring (bicyclic) bond motifs is 1. The fourth-order valence-corrected chi connectivity index (χ4v) is 4.88. The van der Waals surface area contributed by atoms with Gasteiger partial charge in [0.25, 0.3) is 11.9 Å². The summed E-state index contributed by atoms with van der Waals surface area (Å²) in [5.41, 5.74) is 3.37. The highest BCUT2D eigenvalue weighted by Crippen LogP contribution is 2.48. The highest BCUT2D eigenvalue weighted by molar-refractivity contribution is 6.15. The van der Waals surface area contributed by atoms with Crippen molar-refractivity contribution in [2.75, 3.05) is 18.4 Å². The molecule has 2 amide bonds. The van der Waals surface area contributed by atoms with Crippen LogP contribution >= 0.6 is 0 Å². The number of carbonyl (C=O) groups is 2. The average Bonchev–Trinajstić information content (AvgIpc) is 3.15. The van der Waals surface area contributed by atoms with Crippen molar-refractivity contribution in [3.8, 4) is 17.3 Å². The lowest BCUT2D eigenvalue weighted by Gasteiger charge is -2.39. The number of hydrogen-bond donors (Lipinski definition) is 6. The van der Waals surface area contributed by atoms with E-state index in [-0.39, 0.29) is 30.0 Å². The van der Waals surface area contributed by atoms with Crippen molar-refractivity contribution in [3.63, 3.8) is 0 Å². The van der Waals surface area contributed by atoms with Gasteiger partial charge in [-0.15, -0.1) is 0 Å². The molecule has 1 saturated heterocycles. The van der Waals surface area contributed by atoms with Crippen molar-refractivity contribution in [2.24, 2.45) is 24.1 Å². The smallest absolute Gasteiger partial charge is 0.297 e. The first-order valence-corrected chi connectivity index (χ1v) is 11.8. The van der Waals surface area contributed by atoms with Crippen LogP contribution < -0.4 is 11.1 Å². The van der Waals surface area contributed by atoms with Crippen molar-refractivity contribution in [1.29, 1.82) is 5.26 Å². The summed E-state index contributed by atoms with van der Waals surface area (Å²) in [6, 6.07) is 1.10. The molecule has 1 saturated carbocycles. The largest absolute Gasteiger partial charge is 0.390 e. The summed E-state index contributed by atoms with van der Waals surface area (Å²) in [4.78, 5) is 31.4. The number of aromatic nitrogens is 5. The number of likely N-dealkylation sites (tertiary alicyclic amines) is 1. The molecule has 4 heterocycles. The van der Waals surface area contributed by atoms with E-state index < -0.39 is 40.7 Å². The first-order valence-electron chi connectivity index (χ1n) is 11.8. The maximum atomic E-state index is 13.1. The summed E-state index contributed by atoms with van der Waals surface area (Å²) in [6.45, 7) is -0.291. The molecule has 1 aliphatic heterocycles. The molecule has 7 N–H and O–H groups in total. The van der Waals surface area contributed by atoms with Gasteiger partial charge in [0.05, 0.1) is 47.6 Å². The topological polar surface area (TPSA) is 228 Å². The third kappa shape index (κ3) is 4.05. The van der Waals surface area contributed by atoms with E-state index in [2.05, 4.69) is 20.5 Å². The molecule has 2 aliphatic rings. The van der Waals surface area contributed by atoms with E-state index in [1.54, 1.807) is 30.3 Å². The Morgan fingerprint density at radius 1 is 1.21 bits per heavy atom. The van der Waals surface area contributed by atoms with Crippen LogP contribution in [0.2, 0.25) is 0 Å². The van der Waals surface area contributed by atoms with Gasteiger partial charge in [0.15, 0.2) is 13.5 Å². The molecule has 3 atom stereocenters. The van der Waals surface area contributed by atoms with E-state index in [4.69, 9.17) is 5.73 Å². The molecular formula is C22H26BN9O6. The van der Waals surface area contributed by atoms with Gasteiger partial charge in [-0.2, -0.15) is 15.5 Å². The fraction of sp³-hybridized carbons (Fsp3) is 0.455. The molecule has 0 spiro atoms. The molecule has 198 valence electrons. The third-order valence-corrected chi connectivity index (χ3v) is 7.47. The van der Waals surface area contributed by atoms with Gasteiger partial charge in [0.2, 0.25) is 5.91 Å². The van der Waals surface area contributed by atoms with Crippen LogP contribution in [0.5, 0.6) is 0 Å². The Bertz CT molecular complexity index is 1480. The summed E-state index contributed by atoms with van der Waals surface area (Å²) in [6.07, 6.45) is 6.98. The quantitative estimate of drug-likeness (QED) is 0.133. The second kappa shape index (κ2) is 8.50. The van der Waals surface area contributed by atoms with Crippen LogP contribution in [-0.4, -0.2) is 100.0 Å². The standard InChI is InChI=1S/C22H26BN9O6/c1-30-6-11(4-26-30)14-9-32-18(29-14)16(12(5-27-32)17(25)33)28-15-8-31(19(34)20(10-24)2-3-20)7-13(15)21(23,35)22(36,37)38/h4-6,9,13,15,28,35-38H,2-3,7-8,23H2,1H3,(H2,25,33). The zero-order chi connectivity index (χ0) is 27.6. The van der Waals surface area contributed by atoms with E-state index in [1.165, 1.54) is 15.6 Å². The number of anilines is 1. The van der Waals surface area contributed by atoms with Crippen molar-refractivity contribution in [3.05, 3.63) is 30.4 Å². The highest BCUT2D eigenvalue weighted by atomic mass is 16.7. The minimum absolute atomic E-state index is 0.0389. The van der Waals surface area contributed by atoms with Gasteiger partial charge in [0.1, 0.15) is 10.9 Å². The molecule has 2 fully saturated rings. The van der Waals surface area contributed by atoms with Crippen molar-refractivity contribution < 1.29 is 30.0 Å². The number of nitrogens with zero attached hydrogens (tertiary/aromatic N) is 7. The lowest BCUT2D eigenvalue weighted by atomic mass is 9.67. The van der Waals surface area contributed by atoms with E-state index >= 15 is 0 Å². The predicted octanol–water partition coefficient (Wildman–Crippen LogP) is -3.28. The average molecular weight is 523 g/mol. The molecule has 15 nitrogen and oxygen atoms in total. The number of hydrogen-bond acceptors (Lipinski definition) is 11. The van der Waals surface area contributed by atoms with Crippen molar-refractivity contribution in [2.45, 2.75) is 30.4 Å². The Hall–Kier alpha value is -4.04. The van der Waals surface area contributed by atoms with E-state index in [9.17, 15) is 35.3 Å². The van der Waals surface area contributed by atoms with Gasteiger partial charge < -0.3 is 36.4 Å². The zero-order valence-corrected chi connectivity index (χ0v) is 20.6. The summed E-state index contributed by atoms with van der Waals surface area (Å²) in [5, 5.41) is 61.8. The maximum absolute atomic E-state index is 13.1. The Kier molecular flexibility index (Phi) is 5.73. The normalized spacial score (nSPS) is 22.2. The van der Waals surface area contributed by atoms with Gasteiger partial charge in [0, 0.05) is 37.8 Å². The number of rotatable bonds is 7. The number of primary amides is 1. The molecule has 0 bridgehead atoms. The first-order chi connectivity index (χ1) is 17.8. The number of nitrogens with two attached hydrogens (primary N) is 1. The second-order valence-corrected chi connectivity index (χ2v) is 10.1.